The summed E-state index contributed by atoms with van der Waals surface area (Å²) in [5, 5.41) is 16.3. The van der Waals surface area contributed by atoms with Gasteiger partial charge in [-0.25, -0.2) is 4.79 Å². The van der Waals surface area contributed by atoms with Gasteiger partial charge in [-0.05, 0) is 19.9 Å². The third-order valence-corrected chi connectivity index (χ3v) is 3.54. The Labute approximate surface area is 116 Å². The molecule has 7 nitrogen and oxygen atoms in total. The molecule has 1 aliphatic heterocycles. The van der Waals surface area contributed by atoms with Gasteiger partial charge in [0.05, 0.1) is 5.69 Å². The molecule has 1 saturated heterocycles. The summed E-state index contributed by atoms with van der Waals surface area (Å²) in [4.78, 5) is 23.8. The van der Waals surface area contributed by atoms with E-state index in [2.05, 4.69) is 10.4 Å². The van der Waals surface area contributed by atoms with Crippen LogP contribution in [0, 0.1) is 6.92 Å². The molecule has 1 aliphatic rings. The zero-order chi connectivity index (χ0) is 14.8. The summed E-state index contributed by atoms with van der Waals surface area (Å²) in [5.41, 5.74) is -0.128. The van der Waals surface area contributed by atoms with E-state index >= 15 is 0 Å². The van der Waals surface area contributed by atoms with E-state index in [4.69, 9.17) is 4.74 Å². The molecule has 20 heavy (non-hydrogen) atoms. The standard InChI is InChI=1S/C13H19N3O4/c1-3-16-10(8-9(2)15-16)11(17)14-13(12(18)19)4-6-20-7-5-13/h8H,3-7H2,1-2H3,(H,14,17)(H,18,19). The smallest absolute Gasteiger partial charge is 0.329 e. The largest absolute Gasteiger partial charge is 0.480 e. The Bertz CT molecular complexity index is 518. The van der Waals surface area contributed by atoms with Gasteiger partial charge in [0.25, 0.3) is 5.91 Å². The number of aliphatic carboxylic acids is 1. The number of carbonyl (C=O) groups excluding carboxylic acids is 1. The van der Waals surface area contributed by atoms with Gasteiger partial charge in [-0.3, -0.25) is 9.48 Å². The van der Waals surface area contributed by atoms with E-state index in [0.29, 0.717) is 25.5 Å². The van der Waals surface area contributed by atoms with E-state index in [9.17, 15) is 14.7 Å². The summed E-state index contributed by atoms with van der Waals surface area (Å²) in [5.74, 6) is -1.43. The van der Waals surface area contributed by atoms with Crippen molar-refractivity contribution < 1.29 is 19.4 Å². The Morgan fingerprint density at radius 1 is 1.50 bits per heavy atom. The maximum atomic E-state index is 12.3. The van der Waals surface area contributed by atoms with Gasteiger partial charge in [0.2, 0.25) is 0 Å². The van der Waals surface area contributed by atoms with Crippen molar-refractivity contribution in [2.24, 2.45) is 0 Å². The summed E-state index contributed by atoms with van der Waals surface area (Å²) in [6.45, 7) is 4.89. The second kappa shape index (κ2) is 5.62. The summed E-state index contributed by atoms with van der Waals surface area (Å²) in [7, 11) is 0. The molecule has 0 atom stereocenters. The van der Waals surface area contributed by atoms with Crippen LogP contribution in [0.1, 0.15) is 35.9 Å². The quantitative estimate of drug-likeness (QED) is 0.841. The first-order valence-electron chi connectivity index (χ1n) is 6.66. The van der Waals surface area contributed by atoms with E-state index in [0.717, 1.165) is 5.69 Å². The number of hydrogen-bond donors (Lipinski definition) is 2. The van der Waals surface area contributed by atoms with Crippen molar-refractivity contribution in [3.05, 3.63) is 17.5 Å². The molecule has 110 valence electrons. The lowest BCUT2D eigenvalue weighted by atomic mass is 9.90. The molecule has 2 rings (SSSR count). The Balaban J connectivity index is 2.22. The summed E-state index contributed by atoms with van der Waals surface area (Å²) < 4.78 is 6.75. The lowest BCUT2D eigenvalue weighted by molar-refractivity contribution is -0.148. The number of aromatic nitrogens is 2. The van der Waals surface area contributed by atoms with Crippen molar-refractivity contribution in [1.82, 2.24) is 15.1 Å². The number of aryl methyl sites for hydroxylation is 2. The normalized spacial score (nSPS) is 17.7. The van der Waals surface area contributed by atoms with Crippen LogP contribution in [0.2, 0.25) is 0 Å². The van der Waals surface area contributed by atoms with Crippen molar-refractivity contribution in [2.45, 2.75) is 38.8 Å². The molecule has 0 bridgehead atoms. The van der Waals surface area contributed by atoms with Crippen molar-refractivity contribution in [3.63, 3.8) is 0 Å². The molecule has 0 radical (unpaired) electrons. The maximum Gasteiger partial charge on any atom is 0.329 e. The summed E-state index contributed by atoms with van der Waals surface area (Å²) >= 11 is 0. The first kappa shape index (κ1) is 14.5. The number of hydrogen-bond acceptors (Lipinski definition) is 4. The minimum atomic E-state index is -1.24. The van der Waals surface area contributed by atoms with Crippen molar-refractivity contribution in [3.8, 4) is 0 Å². The number of ether oxygens (including phenoxy) is 1. The number of nitrogens with zero attached hydrogens (tertiary/aromatic N) is 2. The van der Waals surface area contributed by atoms with Crippen LogP contribution < -0.4 is 5.32 Å². The number of carboxylic acid groups (broad SMARTS) is 1. The van der Waals surface area contributed by atoms with E-state index in [1.807, 2.05) is 6.92 Å². The fourth-order valence-electron chi connectivity index (χ4n) is 2.36. The first-order valence-corrected chi connectivity index (χ1v) is 6.66. The molecule has 0 spiro atoms. The molecule has 2 heterocycles. The average molecular weight is 281 g/mol. The highest BCUT2D eigenvalue weighted by Gasteiger charge is 2.42. The van der Waals surface area contributed by atoms with Crippen molar-refractivity contribution in [2.75, 3.05) is 13.2 Å². The van der Waals surface area contributed by atoms with Gasteiger partial charge >= 0.3 is 5.97 Å². The van der Waals surface area contributed by atoms with E-state index in [1.165, 1.54) is 0 Å². The molecule has 0 unspecified atom stereocenters. The molecule has 1 aromatic heterocycles. The van der Waals surface area contributed by atoms with Gasteiger partial charge in [-0.2, -0.15) is 5.10 Å². The van der Waals surface area contributed by atoms with E-state index in [-0.39, 0.29) is 12.8 Å². The molecule has 0 aromatic carbocycles. The monoisotopic (exact) mass is 281 g/mol. The predicted octanol–water partition coefficient (Wildman–Crippen LogP) is 0.575. The topological polar surface area (TPSA) is 93.5 Å². The average Bonchev–Trinajstić information content (AvgIpc) is 2.81. The fraction of sp³-hybridized carbons (Fsp3) is 0.615. The predicted molar refractivity (Wildman–Crippen MR) is 70.5 cm³/mol. The first-order chi connectivity index (χ1) is 9.48. The van der Waals surface area contributed by atoms with Crippen LogP contribution in [0.4, 0.5) is 0 Å². The molecule has 2 N–H and O–H groups in total. The highest BCUT2D eigenvalue weighted by molar-refractivity contribution is 5.96. The lowest BCUT2D eigenvalue weighted by Crippen LogP contribution is -2.57. The molecule has 0 aliphatic carbocycles. The van der Waals surface area contributed by atoms with Crippen LogP contribution in [0.3, 0.4) is 0 Å². The molecule has 1 amide bonds. The molecule has 7 heteroatoms. The Morgan fingerprint density at radius 3 is 2.70 bits per heavy atom. The van der Waals surface area contributed by atoms with Gasteiger partial charge < -0.3 is 15.2 Å². The number of rotatable bonds is 4. The Hall–Kier alpha value is -1.89. The van der Waals surface area contributed by atoms with Crippen LogP contribution in [-0.2, 0) is 16.1 Å². The van der Waals surface area contributed by atoms with Gasteiger partial charge in [0, 0.05) is 32.6 Å². The molecule has 0 saturated carbocycles. The van der Waals surface area contributed by atoms with Gasteiger partial charge in [0.15, 0.2) is 0 Å². The number of carboxylic acids is 1. The Kier molecular flexibility index (Phi) is 4.08. The SMILES string of the molecule is CCn1nc(C)cc1C(=O)NC1(C(=O)O)CCOCC1. The van der Waals surface area contributed by atoms with E-state index in [1.54, 1.807) is 17.7 Å². The second-order valence-corrected chi connectivity index (χ2v) is 4.94. The minimum Gasteiger partial charge on any atom is -0.480 e. The highest BCUT2D eigenvalue weighted by atomic mass is 16.5. The van der Waals surface area contributed by atoms with Crippen LogP contribution in [0.15, 0.2) is 6.07 Å². The van der Waals surface area contributed by atoms with E-state index < -0.39 is 17.4 Å². The highest BCUT2D eigenvalue weighted by Crippen LogP contribution is 2.22. The molecule has 1 aromatic rings. The zero-order valence-electron chi connectivity index (χ0n) is 11.7. The molecule has 1 fully saturated rings. The number of nitrogens with one attached hydrogen (secondary N) is 1. The van der Waals surface area contributed by atoms with Crippen molar-refractivity contribution in [1.29, 1.82) is 0 Å². The van der Waals surface area contributed by atoms with Crippen LogP contribution >= 0.6 is 0 Å². The van der Waals surface area contributed by atoms with Gasteiger partial charge in [-0.15, -0.1) is 0 Å². The number of carbonyl (C=O) groups is 2. The molecular formula is C13H19N3O4. The third kappa shape index (κ3) is 2.67. The second-order valence-electron chi connectivity index (χ2n) is 4.94. The van der Waals surface area contributed by atoms with Gasteiger partial charge in [-0.1, -0.05) is 0 Å². The number of amides is 1. The molecular weight excluding hydrogens is 262 g/mol. The summed E-state index contributed by atoms with van der Waals surface area (Å²) in [6.07, 6.45) is 0.542. The summed E-state index contributed by atoms with van der Waals surface area (Å²) in [6, 6.07) is 1.66. The Morgan fingerprint density at radius 2 is 2.15 bits per heavy atom. The van der Waals surface area contributed by atoms with Crippen LogP contribution in [0.5, 0.6) is 0 Å². The fourth-order valence-corrected chi connectivity index (χ4v) is 2.36. The third-order valence-electron chi connectivity index (χ3n) is 3.54. The van der Waals surface area contributed by atoms with Crippen molar-refractivity contribution >= 4 is 11.9 Å². The minimum absolute atomic E-state index is 0.271. The maximum absolute atomic E-state index is 12.3. The lowest BCUT2D eigenvalue weighted by Gasteiger charge is -2.33. The van der Waals surface area contributed by atoms with Crippen LogP contribution in [-0.4, -0.2) is 45.5 Å². The van der Waals surface area contributed by atoms with Gasteiger partial charge in [0.1, 0.15) is 11.2 Å². The van der Waals surface area contributed by atoms with Crippen LogP contribution in [0.25, 0.3) is 0 Å². The zero-order valence-corrected chi connectivity index (χ0v) is 11.7.